The van der Waals surface area contributed by atoms with Gasteiger partial charge in [0.2, 0.25) is 0 Å². The second-order valence-electron chi connectivity index (χ2n) is 5.65. The monoisotopic (exact) mass is 340 g/mol. The van der Waals surface area contributed by atoms with Crippen LogP contribution in [0.1, 0.15) is 24.2 Å². The predicted octanol–water partition coefficient (Wildman–Crippen LogP) is 2.57. The molecule has 5 heteroatoms. The average Bonchev–Trinajstić information content (AvgIpc) is 2.38. The van der Waals surface area contributed by atoms with Crippen molar-refractivity contribution in [3.8, 4) is 5.75 Å². The fourth-order valence-corrected chi connectivity index (χ4v) is 2.85. The molecule has 0 spiro atoms. The van der Waals surface area contributed by atoms with Gasteiger partial charge in [0.15, 0.2) is 0 Å². The molecule has 1 aromatic carbocycles. The van der Waals surface area contributed by atoms with Crippen molar-refractivity contribution < 1.29 is 9.90 Å². The van der Waals surface area contributed by atoms with Crippen molar-refractivity contribution in [1.82, 2.24) is 9.80 Å². The lowest BCUT2D eigenvalue weighted by Gasteiger charge is -2.35. The molecule has 1 aromatic rings. The zero-order chi connectivity index (χ0) is 14.7. The second-order valence-corrected chi connectivity index (χ2v) is 6.56. The van der Waals surface area contributed by atoms with E-state index in [4.69, 9.17) is 0 Å². The molecule has 2 rings (SSSR count). The Bertz CT molecular complexity index is 483. The SMILES string of the molecule is CC(C)CN1CCN(C(=O)c2ccc(Br)cc2O)CC1. The molecular formula is C15H21BrN2O2. The Morgan fingerprint density at radius 1 is 1.30 bits per heavy atom. The zero-order valence-electron chi connectivity index (χ0n) is 12.0. The maximum absolute atomic E-state index is 12.4. The van der Waals surface area contributed by atoms with E-state index >= 15 is 0 Å². The lowest BCUT2D eigenvalue weighted by atomic mass is 10.1. The number of amides is 1. The van der Waals surface area contributed by atoms with Gasteiger partial charge in [-0.1, -0.05) is 29.8 Å². The predicted molar refractivity (Wildman–Crippen MR) is 83.0 cm³/mol. The average molecular weight is 341 g/mol. The standard InChI is InChI=1S/C15H21BrN2O2/c1-11(2)10-17-5-7-18(8-6-17)15(20)13-4-3-12(16)9-14(13)19/h3-4,9,11,19H,5-8,10H2,1-2H3. The Kier molecular flexibility index (Phi) is 5.05. The molecule has 1 heterocycles. The summed E-state index contributed by atoms with van der Waals surface area (Å²) in [5.74, 6) is 0.598. The van der Waals surface area contributed by atoms with Gasteiger partial charge in [0.25, 0.3) is 5.91 Å². The number of carbonyl (C=O) groups excluding carboxylic acids is 1. The summed E-state index contributed by atoms with van der Waals surface area (Å²) in [6, 6.07) is 5.01. The van der Waals surface area contributed by atoms with E-state index in [1.165, 1.54) is 0 Å². The highest BCUT2D eigenvalue weighted by Crippen LogP contribution is 2.24. The summed E-state index contributed by atoms with van der Waals surface area (Å²) in [6.07, 6.45) is 0. The molecule has 110 valence electrons. The second kappa shape index (κ2) is 6.59. The number of phenolic OH excluding ortho intramolecular Hbond substituents is 1. The van der Waals surface area contributed by atoms with Crippen LogP contribution in [0.2, 0.25) is 0 Å². The van der Waals surface area contributed by atoms with Crippen molar-refractivity contribution in [3.05, 3.63) is 28.2 Å². The number of benzene rings is 1. The van der Waals surface area contributed by atoms with Crippen LogP contribution in [0.3, 0.4) is 0 Å². The Labute approximate surface area is 128 Å². The number of piperazine rings is 1. The minimum atomic E-state index is -0.0841. The van der Waals surface area contributed by atoms with Crippen LogP contribution < -0.4 is 0 Å². The van der Waals surface area contributed by atoms with Crippen molar-refractivity contribution in [2.75, 3.05) is 32.7 Å². The highest BCUT2D eigenvalue weighted by atomic mass is 79.9. The fraction of sp³-hybridized carbons (Fsp3) is 0.533. The molecule has 1 N–H and O–H groups in total. The minimum Gasteiger partial charge on any atom is -0.507 e. The lowest BCUT2D eigenvalue weighted by Crippen LogP contribution is -2.49. The van der Waals surface area contributed by atoms with Crippen LogP contribution in [0.25, 0.3) is 0 Å². The highest BCUT2D eigenvalue weighted by molar-refractivity contribution is 9.10. The molecule has 20 heavy (non-hydrogen) atoms. The Morgan fingerprint density at radius 2 is 1.95 bits per heavy atom. The highest BCUT2D eigenvalue weighted by Gasteiger charge is 2.24. The van der Waals surface area contributed by atoms with Gasteiger partial charge in [-0.3, -0.25) is 9.69 Å². The van der Waals surface area contributed by atoms with Gasteiger partial charge in [0.05, 0.1) is 5.56 Å². The third kappa shape index (κ3) is 3.73. The molecular weight excluding hydrogens is 320 g/mol. The van der Waals surface area contributed by atoms with Crippen LogP contribution >= 0.6 is 15.9 Å². The summed E-state index contributed by atoms with van der Waals surface area (Å²) < 4.78 is 0.772. The number of carbonyl (C=O) groups is 1. The van der Waals surface area contributed by atoms with Crippen molar-refractivity contribution in [1.29, 1.82) is 0 Å². The summed E-state index contributed by atoms with van der Waals surface area (Å²) in [4.78, 5) is 16.6. The van der Waals surface area contributed by atoms with E-state index in [2.05, 4.69) is 34.7 Å². The Hall–Kier alpha value is -1.07. The molecule has 4 nitrogen and oxygen atoms in total. The first-order valence-corrected chi connectivity index (χ1v) is 7.77. The number of hydrogen-bond acceptors (Lipinski definition) is 3. The van der Waals surface area contributed by atoms with Gasteiger partial charge in [-0.15, -0.1) is 0 Å². The van der Waals surface area contributed by atoms with Crippen LogP contribution in [0.5, 0.6) is 5.75 Å². The lowest BCUT2D eigenvalue weighted by molar-refractivity contribution is 0.0621. The van der Waals surface area contributed by atoms with Gasteiger partial charge in [0, 0.05) is 37.2 Å². The number of rotatable bonds is 3. The first kappa shape index (κ1) is 15.3. The Balaban J connectivity index is 1.98. The largest absolute Gasteiger partial charge is 0.507 e. The van der Waals surface area contributed by atoms with Gasteiger partial charge < -0.3 is 10.0 Å². The number of phenols is 1. The molecule has 0 unspecified atom stereocenters. The quantitative estimate of drug-likeness (QED) is 0.919. The first-order valence-electron chi connectivity index (χ1n) is 6.97. The van der Waals surface area contributed by atoms with Crippen LogP contribution in [-0.2, 0) is 0 Å². The minimum absolute atomic E-state index is 0.0361. The maximum Gasteiger partial charge on any atom is 0.257 e. The van der Waals surface area contributed by atoms with E-state index in [1.807, 2.05) is 4.90 Å². The van der Waals surface area contributed by atoms with Gasteiger partial charge in [-0.05, 0) is 24.1 Å². The molecule has 1 aliphatic rings. The Morgan fingerprint density at radius 3 is 2.50 bits per heavy atom. The van der Waals surface area contributed by atoms with E-state index in [9.17, 15) is 9.90 Å². The van der Waals surface area contributed by atoms with Crippen molar-refractivity contribution in [3.63, 3.8) is 0 Å². The van der Waals surface area contributed by atoms with Gasteiger partial charge in [-0.25, -0.2) is 0 Å². The van der Waals surface area contributed by atoms with E-state index < -0.39 is 0 Å². The van der Waals surface area contributed by atoms with E-state index in [-0.39, 0.29) is 11.7 Å². The molecule has 0 radical (unpaired) electrons. The van der Waals surface area contributed by atoms with Crippen LogP contribution in [0, 0.1) is 5.92 Å². The third-order valence-electron chi connectivity index (χ3n) is 3.47. The smallest absolute Gasteiger partial charge is 0.257 e. The van der Waals surface area contributed by atoms with E-state index in [1.54, 1.807) is 18.2 Å². The summed E-state index contributed by atoms with van der Waals surface area (Å²) in [6.45, 7) is 8.74. The maximum atomic E-state index is 12.4. The number of hydrogen-bond donors (Lipinski definition) is 1. The van der Waals surface area contributed by atoms with Gasteiger partial charge >= 0.3 is 0 Å². The normalized spacial score (nSPS) is 16.7. The van der Waals surface area contributed by atoms with Crippen LogP contribution in [0.4, 0.5) is 0 Å². The molecule has 1 aliphatic heterocycles. The van der Waals surface area contributed by atoms with Crippen molar-refractivity contribution in [2.24, 2.45) is 5.92 Å². The molecule has 0 aromatic heterocycles. The molecule has 0 saturated carbocycles. The summed E-state index contributed by atoms with van der Waals surface area (Å²) >= 11 is 3.28. The van der Waals surface area contributed by atoms with Crippen LogP contribution in [0.15, 0.2) is 22.7 Å². The zero-order valence-corrected chi connectivity index (χ0v) is 13.6. The summed E-state index contributed by atoms with van der Waals surface area (Å²) in [7, 11) is 0. The molecule has 1 amide bonds. The number of nitrogens with zero attached hydrogens (tertiary/aromatic N) is 2. The van der Waals surface area contributed by atoms with Gasteiger partial charge in [0.1, 0.15) is 5.75 Å². The fourth-order valence-electron chi connectivity index (χ4n) is 2.51. The summed E-state index contributed by atoms with van der Waals surface area (Å²) in [5.41, 5.74) is 0.380. The van der Waals surface area contributed by atoms with Crippen LogP contribution in [-0.4, -0.2) is 53.5 Å². The third-order valence-corrected chi connectivity index (χ3v) is 3.97. The van der Waals surface area contributed by atoms with Gasteiger partial charge in [-0.2, -0.15) is 0 Å². The topological polar surface area (TPSA) is 43.8 Å². The summed E-state index contributed by atoms with van der Waals surface area (Å²) in [5, 5.41) is 9.88. The first-order chi connectivity index (χ1) is 9.47. The number of aromatic hydroxyl groups is 1. The molecule has 1 saturated heterocycles. The van der Waals surface area contributed by atoms with E-state index in [0.29, 0.717) is 11.5 Å². The molecule has 1 fully saturated rings. The van der Waals surface area contributed by atoms with Crippen molar-refractivity contribution >= 4 is 21.8 Å². The number of halogens is 1. The van der Waals surface area contributed by atoms with Crippen molar-refractivity contribution in [2.45, 2.75) is 13.8 Å². The van der Waals surface area contributed by atoms with E-state index in [0.717, 1.165) is 37.2 Å². The molecule has 0 aliphatic carbocycles. The molecule has 0 atom stereocenters. The molecule has 0 bridgehead atoms.